The second kappa shape index (κ2) is 4.39. The SMILES string of the molecule is CC(C)(C)C(Br)c1ccc2[nH]c(=O)c(=O)[nH]c2c1. The second-order valence-electron chi connectivity index (χ2n) is 5.44. The summed E-state index contributed by atoms with van der Waals surface area (Å²) in [6.07, 6.45) is 0. The van der Waals surface area contributed by atoms with E-state index in [1.807, 2.05) is 18.2 Å². The van der Waals surface area contributed by atoms with Crippen molar-refractivity contribution in [1.82, 2.24) is 9.97 Å². The summed E-state index contributed by atoms with van der Waals surface area (Å²) in [4.78, 5) is 27.8. The molecule has 1 heterocycles. The summed E-state index contributed by atoms with van der Waals surface area (Å²) in [5.74, 6) is 0. The summed E-state index contributed by atoms with van der Waals surface area (Å²) in [5, 5.41) is 0. The van der Waals surface area contributed by atoms with Crippen LogP contribution in [0.1, 0.15) is 31.2 Å². The molecule has 0 aliphatic heterocycles. The summed E-state index contributed by atoms with van der Waals surface area (Å²) >= 11 is 3.66. The summed E-state index contributed by atoms with van der Waals surface area (Å²) in [6, 6.07) is 5.64. The van der Waals surface area contributed by atoms with E-state index in [4.69, 9.17) is 0 Å². The lowest BCUT2D eigenvalue weighted by molar-refractivity contribution is 0.407. The van der Waals surface area contributed by atoms with Crippen molar-refractivity contribution in [3.05, 3.63) is 44.5 Å². The van der Waals surface area contributed by atoms with E-state index in [1.54, 1.807) is 0 Å². The molecule has 1 aromatic heterocycles. The molecule has 0 saturated heterocycles. The Balaban J connectivity index is 2.61. The lowest BCUT2D eigenvalue weighted by Crippen LogP contribution is -2.29. The molecule has 0 bridgehead atoms. The van der Waals surface area contributed by atoms with Crippen molar-refractivity contribution in [3.63, 3.8) is 0 Å². The predicted molar refractivity (Wildman–Crippen MR) is 76.3 cm³/mol. The van der Waals surface area contributed by atoms with Gasteiger partial charge in [0, 0.05) is 4.83 Å². The Morgan fingerprint density at radius 3 is 2.17 bits per heavy atom. The van der Waals surface area contributed by atoms with Crippen molar-refractivity contribution in [1.29, 1.82) is 0 Å². The zero-order chi connectivity index (χ0) is 13.5. The molecular weight excluding hydrogens is 296 g/mol. The average molecular weight is 311 g/mol. The van der Waals surface area contributed by atoms with E-state index < -0.39 is 11.1 Å². The van der Waals surface area contributed by atoms with Crippen molar-refractivity contribution in [3.8, 4) is 0 Å². The quantitative estimate of drug-likeness (QED) is 0.628. The van der Waals surface area contributed by atoms with Gasteiger partial charge in [0.1, 0.15) is 0 Å². The predicted octanol–water partition coefficient (Wildman–Crippen LogP) is 2.70. The highest BCUT2D eigenvalue weighted by Gasteiger charge is 2.23. The summed E-state index contributed by atoms with van der Waals surface area (Å²) in [5.41, 5.74) is 1.17. The van der Waals surface area contributed by atoms with Crippen molar-refractivity contribution in [2.75, 3.05) is 0 Å². The smallest absolute Gasteiger partial charge is 0.314 e. The molecule has 4 nitrogen and oxygen atoms in total. The van der Waals surface area contributed by atoms with E-state index in [0.29, 0.717) is 11.0 Å². The fraction of sp³-hybridized carbons (Fsp3) is 0.385. The number of nitrogens with one attached hydrogen (secondary N) is 2. The minimum Gasteiger partial charge on any atom is -0.316 e. The molecule has 1 unspecified atom stereocenters. The maximum absolute atomic E-state index is 11.3. The third-order valence-corrected chi connectivity index (χ3v) is 4.70. The fourth-order valence-corrected chi connectivity index (χ4v) is 2.07. The maximum Gasteiger partial charge on any atom is 0.314 e. The summed E-state index contributed by atoms with van der Waals surface area (Å²) in [6.45, 7) is 6.39. The van der Waals surface area contributed by atoms with Crippen LogP contribution in [0.5, 0.6) is 0 Å². The number of alkyl halides is 1. The largest absolute Gasteiger partial charge is 0.316 e. The molecule has 2 rings (SSSR count). The van der Waals surface area contributed by atoms with Crippen molar-refractivity contribution < 1.29 is 0 Å². The van der Waals surface area contributed by atoms with Crippen LogP contribution in [-0.4, -0.2) is 9.97 Å². The highest BCUT2D eigenvalue weighted by Crippen LogP contribution is 2.40. The third kappa shape index (κ3) is 2.41. The molecule has 96 valence electrons. The molecule has 5 heteroatoms. The second-order valence-corrected chi connectivity index (χ2v) is 6.36. The van der Waals surface area contributed by atoms with E-state index in [1.165, 1.54) is 0 Å². The number of rotatable bonds is 1. The highest BCUT2D eigenvalue weighted by atomic mass is 79.9. The van der Waals surface area contributed by atoms with Crippen LogP contribution in [0.2, 0.25) is 0 Å². The van der Waals surface area contributed by atoms with Crippen LogP contribution in [0, 0.1) is 5.41 Å². The Labute approximate surface area is 113 Å². The van der Waals surface area contributed by atoms with Gasteiger partial charge in [-0.2, -0.15) is 0 Å². The van der Waals surface area contributed by atoms with Gasteiger partial charge in [-0.25, -0.2) is 0 Å². The monoisotopic (exact) mass is 310 g/mol. The van der Waals surface area contributed by atoms with Crippen LogP contribution < -0.4 is 11.1 Å². The van der Waals surface area contributed by atoms with Gasteiger partial charge in [-0.1, -0.05) is 42.8 Å². The number of H-pyrrole nitrogens is 2. The lowest BCUT2D eigenvalue weighted by atomic mass is 9.88. The van der Waals surface area contributed by atoms with Gasteiger partial charge in [0.2, 0.25) is 0 Å². The van der Waals surface area contributed by atoms with Crippen molar-refractivity contribution >= 4 is 27.0 Å². The number of aromatic amines is 2. The average Bonchev–Trinajstić information content (AvgIpc) is 2.28. The Bertz CT molecular complexity index is 694. The first-order valence-corrected chi connectivity index (χ1v) is 6.61. The Morgan fingerprint density at radius 2 is 1.61 bits per heavy atom. The molecule has 0 aliphatic carbocycles. The molecule has 0 fully saturated rings. The topological polar surface area (TPSA) is 65.7 Å². The number of fused-ring (bicyclic) bond motifs is 1. The van der Waals surface area contributed by atoms with Gasteiger partial charge < -0.3 is 9.97 Å². The molecule has 0 radical (unpaired) electrons. The lowest BCUT2D eigenvalue weighted by Gasteiger charge is -2.26. The van der Waals surface area contributed by atoms with E-state index in [9.17, 15) is 9.59 Å². The molecule has 1 atom stereocenters. The molecule has 0 amide bonds. The molecule has 0 aliphatic rings. The van der Waals surface area contributed by atoms with Crippen molar-refractivity contribution in [2.45, 2.75) is 25.6 Å². The maximum atomic E-state index is 11.3. The van der Waals surface area contributed by atoms with Gasteiger partial charge >= 0.3 is 11.1 Å². The van der Waals surface area contributed by atoms with Gasteiger partial charge in [-0.05, 0) is 23.1 Å². The molecule has 0 spiro atoms. The van der Waals surface area contributed by atoms with Gasteiger partial charge in [-0.15, -0.1) is 0 Å². The van der Waals surface area contributed by atoms with Crippen LogP contribution in [0.3, 0.4) is 0 Å². The summed E-state index contributed by atoms with van der Waals surface area (Å²) in [7, 11) is 0. The first-order chi connectivity index (χ1) is 8.29. The van der Waals surface area contributed by atoms with E-state index in [2.05, 4.69) is 46.7 Å². The number of hydrogen-bond donors (Lipinski definition) is 2. The van der Waals surface area contributed by atoms with Gasteiger partial charge in [0.15, 0.2) is 0 Å². The highest BCUT2D eigenvalue weighted by molar-refractivity contribution is 9.09. The number of aromatic nitrogens is 2. The first kappa shape index (κ1) is 13.1. The van der Waals surface area contributed by atoms with Crippen LogP contribution in [0.4, 0.5) is 0 Å². The summed E-state index contributed by atoms with van der Waals surface area (Å²) < 4.78 is 0. The Morgan fingerprint density at radius 1 is 1.06 bits per heavy atom. The van der Waals surface area contributed by atoms with Crippen LogP contribution in [0.15, 0.2) is 27.8 Å². The minimum absolute atomic E-state index is 0.0656. The molecule has 18 heavy (non-hydrogen) atoms. The Kier molecular flexibility index (Phi) is 3.19. The van der Waals surface area contributed by atoms with E-state index >= 15 is 0 Å². The van der Waals surface area contributed by atoms with Crippen LogP contribution >= 0.6 is 15.9 Å². The minimum atomic E-state index is -0.624. The Hall–Kier alpha value is -1.36. The number of halogens is 1. The third-order valence-electron chi connectivity index (χ3n) is 2.80. The van der Waals surface area contributed by atoms with Gasteiger partial charge in [-0.3, -0.25) is 9.59 Å². The fourth-order valence-electron chi connectivity index (χ4n) is 1.79. The van der Waals surface area contributed by atoms with E-state index in [0.717, 1.165) is 5.56 Å². The van der Waals surface area contributed by atoms with Crippen LogP contribution in [-0.2, 0) is 0 Å². The first-order valence-electron chi connectivity index (χ1n) is 5.69. The number of benzene rings is 1. The molecule has 2 aromatic rings. The van der Waals surface area contributed by atoms with Crippen molar-refractivity contribution in [2.24, 2.45) is 5.41 Å². The zero-order valence-corrected chi connectivity index (χ0v) is 12.1. The molecule has 1 aromatic carbocycles. The number of hydrogen-bond acceptors (Lipinski definition) is 2. The zero-order valence-electron chi connectivity index (χ0n) is 10.5. The normalized spacial score (nSPS) is 13.8. The molecular formula is C13H15BrN2O2. The van der Waals surface area contributed by atoms with E-state index in [-0.39, 0.29) is 10.2 Å². The van der Waals surface area contributed by atoms with Gasteiger partial charge in [0.25, 0.3) is 0 Å². The molecule has 2 N–H and O–H groups in total. The van der Waals surface area contributed by atoms with Crippen LogP contribution in [0.25, 0.3) is 11.0 Å². The van der Waals surface area contributed by atoms with Gasteiger partial charge in [0.05, 0.1) is 11.0 Å². The molecule has 0 saturated carbocycles. The standard InChI is InChI=1S/C13H15BrN2O2/c1-13(2,3)10(14)7-4-5-8-9(6-7)16-12(18)11(17)15-8/h4-6,10H,1-3H3,(H,15,17)(H,16,18).